The van der Waals surface area contributed by atoms with Gasteiger partial charge in [0.25, 0.3) is 6.01 Å². The summed E-state index contributed by atoms with van der Waals surface area (Å²) >= 11 is 0. The molecule has 0 aromatic carbocycles. The number of aliphatic hydroxyl groups excluding tert-OH is 1. The number of rotatable bonds is 4. The van der Waals surface area contributed by atoms with Gasteiger partial charge >= 0.3 is 5.97 Å². The zero-order valence-electron chi connectivity index (χ0n) is 10.4. The van der Waals surface area contributed by atoms with Crippen LogP contribution in [0.2, 0.25) is 0 Å². The first-order valence-electron chi connectivity index (χ1n) is 6.26. The molecule has 1 aliphatic carbocycles. The van der Waals surface area contributed by atoms with E-state index in [2.05, 4.69) is 10.3 Å². The molecule has 1 fully saturated rings. The fourth-order valence-corrected chi connectivity index (χ4v) is 2.03. The average Bonchev–Trinajstić information content (AvgIpc) is 2.81. The molecule has 0 bridgehead atoms. The number of carbonyl (C=O) groups is 1. The second-order valence-electron chi connectivity index (χ2n) is 4.41. The molecule has 0 saturated heterocycles. The highest BCUT2D eigenvalue weighted by Gasteiger charge is 2.21. The Morgan fingerprint density at radius 1 is 1.56 bits per heavy atom. The van der Waals surface area contributed by atoms with E-state index < -0.39 is 5.97 Å². The van der Waals surface area contributed by atoms with Crippen molar-refractivity contribution in [2.45, 2.75) is 44.8 Å². The van der Waals surface area contributed by atoms with Crippen LogP contribution in [0, 0.1) is 0 Å². The van der Waals surface area contributed by atoms with Crippen LogP contribution in [0.5, 0.6) is 0 Å². The monoisotopic (exact) mass is 254 g/mol. The van der Waals surface area contributed by atoms with Gasteiger partial charge in [-0.15, -0.1) is 0 Å². The van der Waals surface area contributed by atoms with Gasteiger partial charge in [-0.05, 0) is 32.6 Å². The van der Waals surface area contributed by atoms with Gasteiger partial charge < -0.3 is 19.6 Å². The molecular formula is C12H18N2O4. The lowest BCUT2D eigenvalue weighted by Crippen LogP contribution is -2.28. The number of anilines is 1. The van der Waals surface area contributed by atoms with Crippen molar-refractivity contribution < 1.29 is 19.1 Å². The Bertz CT molecular complexity index is 397. The van der Waals surface area contributed by atoms with E-state index in [0.29, 0.717) is 12.6 Å². The van der Waals surface area contributed by atoms with Crippen molar-refractivity contribution in [1.29, 1.82) is 0 Å². The molecule has 18 heavy (non-hydrogen) atoms. The molecule has 2 rings (SSSR count). The van der Waals surface area contributed by atoms with Gasteiger partial charge in [0.2, 0.25) is 0 Å². The van der Waals surface area contributed by atoms with E-state index in [9.17, 15) is 9.90 Å². The fraction of sp³-hybridized carbons (Fsp3) is 0.667. The van der Waals surface area contributed by atoms with Gasteiger partial charge in [-0.2, -0.15) is 4.98 Å². The minimum atomic E-state index is -0.478. The van der Waals surface area contributed by atoms with Crippen molar-refractivity contribution in [2.75, 3.05) is 11.9 Å². The topological polar surface area (TPSA) is 84.6 Å². The lowest BCUT2D eigenvalue weighted by atomic mass is 9.93. The Labute approximate surface area is 105 Å². The van der Waals surface area contributed by atoms with Gasteiger partial charge in [0.1, 0.15) is 6.26 Å². The fourth-order valence-electron chi connectivity index (χ4n) is 2.03. The molecule has 1 aromatic heterocycles. The van der Waals surface area contributed by atoms with Crippen LogP contribution in [0.25, 0.3) is 0 Å². The molecule has 1 aromatic rings. The smallest absolute Gasteiger partial charge is 0.360 e. The highest BCUT2D eigenvalue weighted by molar-refractivity contribution is 5.87. The van der Waals surface area contributed by atoms with Gasteiger partial charge in [-0.25, -0.2) is 4.79 Å². The second-order valence-corrected chi connectivity index (χ2v) is 4.41. The Kier molecular flexibility index (Phi) is 4.19. The summed E-state index contributed by atoms with van der Waals surface area (Å²) in [4.78, 5) is 15.4. The third-order valence-electron chi connectivity index (χ3n) is 3.01. The van der Waals surface area contributed by atoms with Crippen LogP contribution in [0.15, 0.2) is 10.7 Å². The molecular weight excluding hydrogens is 236 g/mol. The van der Waals surface area contributed by atoms with Crippen LogP contribution in [0.4, 0.5) is 6.01 Å². The van der Waals surface area contributed by atoms with E-state index in [-0.39, 0.29) is 17.8 Å². The number of ether oxygens (including phenoxy) is 1. The Hall–Kier alpha value is -1.56. The molecule has 0 unspecified atom stereocenters. The van der Waals surface area contributed by atoms with Crippen molar-refractivity contribution in [1.82, 2.24) is 4.98 Å². The highest BCUT2D eigenvalue weighted by atomic mass is 16.5. The number of aromatic nitrogens is 1. The zero-order chi connectivity index (χ0) is 13.0. The molecule has 1 heterocycles. The molecule has 1 aliphatic rings. The molecule has 0 aliphatic heterocycles. The van der Waals surface area contributed by atoms with E-state index in [4.69, 9.17) is 9.15 Å². The van der Waals surface area contributed by atoms with Crippen LogP contribution in [0.3, 0.4) is 0 Å². The summed E-state index contributed by atoms with van der Waals surface area (Å²) in [6.07, 6.45) is 4.41. The lowest BCUT2D eigenvalue weighted by Gasteiger charge is -2.25. The maximum Gasteiger partial charge on any atom is 0.360 e. The predicted molar refractivity (Wildman–Crippen MR) is 64.3 cm³/mol. The van der Waals surface area contributed by atoms with Crippen LogP contribution in [0.1, 0.15) is 43.1 Å². The summed E-state index contributed by atoms with van der Waals surface area (Å²) in [7, 11) is 0. The van der Waals surface area contributed by atoms with Crippen molar-refractivity contribution >= 4 is 12.0 Å². The van der Waals surface area contributed by atoms with Crippen LogP contribution in [-0.4, -0.2) is 34.8 Å². The average molecular weight is 254 g/mol. The maximum atomic E-state index is 11.4. The maximum absolute atomic E-state index is 11.4. The van der Waals surface area contributed by atoms with E-state index in [1.807, 2.05) is 0 Å². The quantitative estimate of drug-likeness (QED) is 0.793. The standard InChI is InChI=1S/C12H18N2O4/c1-2-17-11(16)10-7-18-12(14-10)13-8-3-5-9(15)6-4-8/h7-9,15H,2-6H2,1H3,(H,13,14). The number of aliphatic hydroxyl groups is 1. The number of nitrogens with one attached hydrogen (secondary N) is 1. The second kappa shape index (κ2) is 5.86. The van der Waals surface area contributed by atoms with Crippen LogP contribution in [-0.2, 0) is 4.74 Å². The first-order valence-corrected chi connectivity index (χ1v) is 6.26. The number of oxazole rings is 1. The zero-order valence-corrected chi connectivity index (χ0v) is 10.4. The van der Waals surface area contributed by atoms with Crippen LogP contribution >= 0.6 is 0 Å². The van der Waals surface area contributed by atoms with Crippen molar-refractivity contribution in [3.63, 3.8) is 0 Å². The Balaban J connectivity index is 1.88. The number of esters is 1. The summed E-state index contributed by atoms with van der Waals surface area (Å²) in [5, 5.41) is 12.5. The summed E-state index contributed by atoms with van der Waals surface area (Å²) in [6, 6.07) is 0.571. The molecule has 2 N–H and O–H groups in total. The van der Waals surface area contributed by atoms with E-state index in [1.54, 1.807) is 6.92 Å². The minimum Gasteiger partial charge on any atom is -0.461 e. The Morgan fingerprint density at radius 2 is 2.28 bits per heavy atom. The van der Waals surface area contributed by atoms with Crippen LogP contribution < -0.4 is 5.32 Å². The summed E-state index contributed by atoms with van der Waals surface area (Å²) < 4.78 is 10.00. The Morgan fingerprint density at radius 3 is 2.94 bits per heavy atom. The largest absolute Gasteiger partial charge is 0.461 e. The number of hydrogen-bond acceptors (Lipinski definition) is 6. The molecule has 1 saturated carbocycles. The predicted octanol–water partition coefficient (Wildman–Crippen LogP) is 1.57. The normalized spacial score (nSPS) is 23.7. The van der Waals surface area contributed by atoms with E-state index >= 15 is 0 Å². The third-order valence-corrected chi connectivity index (χ3v) is 3.01. The molecule has 0 amide bonds. The van der Waals surface area contributed by atoms with E-state index in [1.165, 1.54) is 6.26 Å². The van der Waals surface area contributed by atoms with Gasteiger partial charge in [0, 0.05) is 6.04 Å². The number of nitrogens with zero attached hydrogens (tertiary/aromatic N) is 1. The van der Waals surface area contributed by atoms with Crippen molar-refractivity contribution in [2.24, 2.45) is 0 Å². The number of carbonyl (C=O) groups excluding carboxylic acids is 1. The van der Waals surface area contributed by atoms with Crippen molar-refractivity contribution in [3.05, 3.63) is 12.0 Å². The van der Waals surface area contributed by atoms with Gasteiger partial charge in [0.15, 0.2) is 5.69 Å². The van der Waals surface area contributed by atoms with Crippen molar-refractivity contribution in [3.8, 4) is 0 Å². The van der Waals surface area contributed by atoms with Gasteiger partial charge in [0.05, 0.1) is 12.7 Å². The van der Waals surface area contributed by atoms with E-state index in [0.717, 1.165) is 25.7 Å². The SMILES string of the molecule is CCOC(=O)c1coc(NC2CCC(O)CC2)n1. The van der Waals surface area contributed by atoms with Gasteiger partial charge in [-0.1, -0.05) is 0 Å². The molecule has 6 heteroatoms. The number of hydrogen-bond donors (Lipinski definition) is 2. The lowest BCUT2D eigenvalue weighted by molar-refractivity contribution is 0.0519. The molecule has 0 atom stereocenters. The molecule has 100 valence electrons. The first-order chi connectivity index (χ1) is 8.69. The molecule has 0 radical (unpaired) electrons. The molecule has 0 spiro atoms. The summed E-state index contributed by atoms with van der Waals surface area (Å²) in [5.41, 5.74) is 0.176. The first kappa shape index (κ1) is 12.9. The third kappa shape index (κ3) is 3.22. The molecule has 6 nitrogen and oxygen atoms in total. The summed E-state index contributed by atoms with van der Waals surface area (Å²) in [5.74, 6) is -0.478. The highest BCUT2D eigenvalue weighted by Crippen LogP contribution is 2.21. The minimum absolute atomic E-state index is 0.176. The van der Waals surface area contributed by atoms with Gasteiger partial charge in [-0.3, -0.25) is 0 Å². The summed E-state index contributed by atoms with van der Waals surface area (Å²) in [6.45, 7) is 2.06.